The molecule has 3 aromatic rings. The highest BCUT2D eigenvalue weighted by Crippen LogP contribution is 2.20. The molecule has 4 rings (SSSR count). The van der Waals surface area contributed by atoms with Crippen molar-refractivity contribution in [1.29, 1.82) is 0 Å². The number of nitrogens with zero attached hydrogens (tertiary/aromatic N) is 5. The number of rotatable bonds is 6. The topological polar surface area (TPSA) is 57.9 Å². The number of hydrogen-bond donors (Lipinski definition) is 1. The fourth-order valence-corrected chi connectivity index (χ4v) is 3.83. The number of guanidine groups is 1. The van der Waals surface area contributed by atoms with Gasteiger partial charge in [-0.2, -0.15) is 5.10 Å². The molecule has 1 aliphatic heterocycles. The normalized spacial score (nSPS) is 14.6. The van der Waals surface area contributed by atoms with E-state index in [-0.39, 0.29) is 0 Å². The molecule has 31 heavy (non-hydrogen) atoms. The van der Waals surface area contributed by atoms with Gasteiger partial charge in [0.1, 0.15) is 5.75 Å². The number of ether oxygens (including phenoxy) is 1. The maximum absolute atomic E-state index is 5.26. The van der Waals surface area contributed by atoms with Gasteiger partial charge in [0.2, 0.25) is 0 Å². The molecule has 7 heteroatoms. The van der Waals surface area contributed by atoms with E-state index >= 15 is 0 Å². The van der Waals surface area contributed by atoms with Gasteiger partial charge in [-0.15, -0.1) is 0 Å². The lowest BCUT2D eigenvalue weighted by Gasteiger charge is -2.37. The van der Waals surface area contributed by atoms with Gasteiger partial charge >= 0.3 is 0 Å². The van der Waals surface area contributed by atoms with Crippen LogP contribution in [0.5, 0.6) is 5.75 Å². The standard InChI is InChI=1S/C24H30N6O/c1-25-24(26-13-12-20-18-27-30(19-20)22-6-4-3-5-7-22)29-16-14-28(15-17-29)21-8-10-23(31-2)11-9-21/h3-11,18-19H,12-17H2,1-2H3,(H,25,26). The predicted octanol–water partition coefficient (Wildman–Crippen LogP) is 2.82. The first-order chi connectivity index (χ1) is 15.3. The maximum Gasteiger partial charge on any atom is 0.193 e. The molecule has 1 aliphatic rings. The van der Waals surface area contributed by atoms with Gasteiger partial charge in [0.05, 0.1) is 19.0 Å². The van der Waals surface area contributed by atoms with E-state index in [0.717, 1.165) is 56.5 Å². The molecule has 1 saturated heterocycles. The maximum atomic E-state index is 5.26. The van der Waals surface area contributed by atoms with Crippen LogP contribution >= 0.6 is 0 Å². The first-order valence-electron chi connectivity index (χ1n) is 10.7. The summed E-state index contributed by atoms with van der Waals surface area (Å²) in [5.41, 5.74) is 3.52. The molecule has 0 amide bonds. The van der Waals surface area contributed by atoms with Crippen LogP contribution < -0.4 is 15.0 Å². The predicted molar refractivity (Wildman–Crippen MR) is 125 cm³/mol. The van der Waals surface area contributed by atoms with E-state index < -0.39 is 0 Å². The number of piperazine rings is 1. The molecule has 0 unspecified atom stereocenters. The van der Waals surface area contributed by atoms with Crippen molar-refractivity contribution in [3.05, 3.63) is 72.6 Å². The highest BCUT2D eigenvalue weighted by Gasteiger charge is 2.19. The Bertz CT molecular complexity index is 975. The number of nitrogens with one attached hydrogen (secondary N) is 1. The van der Waals surface area contributed by atoms with E-state index in [0.29, 0.717) is 0 Å². The molecule has 162 valence electrons. The van der Waals surface area contributed by atoms with Crippen molar-refractivity contribution in [3.8, 4) is 11.4 Å². The SMILES string of the molecule is CN=C(NCCc1cnn(-c2ccccc2)c1)N1CCN(c2ccc(OC)cc2)CC1. The lowest BCUT2D eigenvalue weighted by molar-refractivity contribution is 0.373. The highest BCUT2D eigenvalue weighted by molar-refractivity contribution is 5.80. The summed E-state index contributed by atoms with van der Waals surface area (Å²) in [6.45, 7) is 4.65. The summed E-state index contributed by atoms with van der Waals surface area (Å²) >= 11 is 0. The van der Waals surface area contributed by atoms with Crippen molar-refractivity contribution in [2.45, 2.75) is 6.42 Å². The molecule has 2 heterocycles. The van der Waals surface area contributed by atoms with Crippen molar-refractivity contribution in [2.24, 2.45) is 4.99 Å². The number of anilines is 1. The van der Waals surface area contributed by atoms with Crippen LogP contribution in [0.1, 0.15) is 5.56 Å². The van der Waals surface area contributed by atoms with E-state index in [1.54, 1.807) is 7.11 Å². The van der Waals surface area contributed by atoms with Gasteiger partial charge in [-0.3, -0.25) is 4.99 Å². The number of methoxy groups -OCH3 is 1. The second kappa shape index (κ2) is 10.0. The van der Waals surface area contributed by atoms with Gasteiger partial charge in [-0.05, 0) is 48.4 Å². The Morgan fingerprint density at radius 1 is 1.00 bits per heavy atom. The van der Waals surface area contributed by atoms with Crippen molar-refractivity contribution in [1.82, 2.24) is 20.0 Å². The minimum atomic E-state index is 0.825. The lowest BCUT2D eigenvalue weighted by Crippen LogP contribution is -2.52. The van der Waals surface area contributed by atoms with Gasteiger partial charge in [0.15, 0.2) is 5.96 Å². The van der Waals surface area contributed by atoms with Gasteiger partial charge in [0.25, 0.3) is 0 Å². The molecule has 0 spiro atoms. The van der Waals surface area contributed by atoms with Crippen LogP contribution in [0.3, 0.4) is 0 Å². The van der Waals surface area contributed by atoms with Crippen molar-refractivity contribution < 1.29 is 4.74 Å². The fourth-order valence-electron chi connectivity index (χ4n) is 3.83. The highest BCUT2D eigenvalue weighted by atomic mass is 16.5. The Labute approximate surface area is 184 Å². The quantitative estimate of drug-likeness (QED) is 0.493. The van der Waals surface area contributed by atoms with Crippen molar-refractivity contribution >= 4 is 11.6 Å². The molecular formula is C24H30N6O. The van der Waals surface area contributed by atoms with E-state index in [1.165, 1.54) is 11.3 Å². The number of aromatic nitrogens is 2. The first kappa shape index (κ1) is 20.8. The number of aliphatic imine (C=N–C) groups is 1. The van der Waals surface area contributed by atoms with Gasteiger partial charge in [-0.1, -0.05) is 18.2 Å². The van der Waals surface area contributed by atoms with Crippen LogP contribution in [0, 0.1) is 0 Å². The lowest BCUT2D eigenvalue weighted by atomic mass is 10.2. The molecule has 0 saturated carbocycles. The molecule has 1 N–H and O–H groups in total. The van der Waals surface area contributed by atoms with E-state index in [2.05, 4.69) is 55.7 Å². The molecule has 1 fully saturated rings. The largest absolute Gasteiger partial charge is 0.497 e. The zero-order valence-corrected chi connectivity index (χ0v) is 18.2. The van der Waals surface area contributed by atoms with E-state index in [9.17, 15) is 0 Å². The van der Waals surface area contributed by atoms with E-state index in [1.807, 2.05) is 48.3 Å². The average molecular weight is 419 g/mol. The monoisotopic (exact) mass is 418 g/mol. The zero-order chi connectivity index (χ0) is 21.5. The van der Waals surface area contributed by atoms with Gasteiger partial charge in [-0.25, -0.2) is 4.68 Å². The molecule has 0 atom stereocenters. The molecule has 0 radical (unpaired) electrons. The number of para-hydroxylation sites is 1. The van der Waals surface area contributed by atoms with E-state index in [4.69, 9.17) is 4.74 Å². The molecule has 7 nitrogen and oxygen atoms in total. The average Bonchev–Trinajstić information content (AvgIpc) is 3.32. The first-order valence-corrected chi connectivity index (χ1v) is 10.7. The third-order valence-corrected chi connectivity index (χ3v) is 5.58. The molecular weight excluding hydrogens is 388 g/mol. The molecule has 0 aliphatic carbocycles. The smallest absolute Gasteiger partial charge is 0.193 e. The van der Waals surface area contributed by atoms with Crippen LogP contribution in [0.4, 0.5) is 5.69 Å². The summed E-state index contributed by atoms with van der Waals surface area (Å²) in [5.74, 6) is 1.85. The van der Waals surface area contributed by atoms with Gasteiger partial charge in [0, 0.05) is 51.7 Å². The number of hydrogen-bond acceptors (Lipinski definition) is 4. The van der Waals surface area contributed by atoms with Crippen LogP contribution in [0.2, 0.25) is 0 Å². The summed E-state index contributed by atoms with van der Waals surface area (Å²) in [6.07, 6.45) is 4.93. The molecule has 1 aromatic heterocycles. The number of benzene rings is 2. The van der Waals surface area contributed by atoms with Crippen LogP contribution in [0.25, 0.3) is 5.69 Å². The van der Waals surface area contributed by atoms with Gasteiger partial charge < -0.3 is 19.9 Å². The van der Waals surface area contributed by atoms with Crippen LogP contribution in [-0.4, -0.2) is 67.5 Å². The summed E-state index contributed by atoms with van der Waals surface area (Å²) < 4.78 is 7.18. The molecule has 0 bridgehead atoms. The zero-order valence-electron chi connectivity index (χ0n) is 18.2. The second-order valence-electron chi connectivity index (χ2n) is 7.52. The Kier molecular flexibility index (Phi) is 6.72. The third-order valence-electron chi connectivity index (χ3n) is 5.58. The Morgan fingerprint density at radius 2 is 1.74 bits per heavy atom. The summed E-state index contributed by atoms with van der Waals surface area (Å²) in [6, 6.07) is 18.5. The van der Waals surface area contributed by atoms with Crippen molar-refractivity contribution in [2.75, 3.05) is 51.8 Å². The fraction of sp³-hybridized carbons (Fsp3) is 0.333. The Balaban J connectivity index is 1.25. The molecule has 2 aromatic carbocycles. The minimum absolute atomic E-state index is 0.825. The minimum Gasteiger partial charge on any atom is -0.497 e. The Hall–Kier alpha value is -3.48. The summed E-state index contributed by atoms with van der Waals surface area (Å²) in [5, 5.41) is 7.99. The third kappa shape index (κ3) is 5.17. The second-order valence-corrected chi connectivity index (χ2v) is 7.52. The van der Waals surface area contributed by atoms with Crippen LogP contribution in [-0.2, 0) is 6.42 Å². The van der Waals surface area contributed by atoms with Crippen molar-refractivity contribution in [3.63, 3.8) is 0 Å². The van der Waals surface area contributed by atoms with Crippen LogP contribution in [0.15, 0.2) is 72.0 Å². The summed E-state index contributed by atoms with van der Waals surface area (Å²) in [4.78, 5) is 9.22. The summed E-state index contributed by atoms with van der Waals surface area (Å²) in [7, 11) is 3.55. The Morgan fingerprint density at radius 3 is 2.42 bits per heavy atom.